The van der Waals surface area contributed by atoms with E-state index >= 15 is 0 Å². The Morgan fingerprint density at radius 3 is 2.50 bits per heavy atom. The van der Waals surface area contributed by atoms with Crippen LogP contribution in [-0.4, -0.2) is 5.91 Å². The van der Waals surface area contributed by atoms with Crippen LogP contribution in [0.2, 0.25) is 10.0 Å². The van der Waals surface area contributed by atoms with Gasteiger partial charge < -0.3 is 11.1 Å². The molecule has 20 heavy (non-hydrogen) atoms. The third-order valence-electron chi connectivity index (χ3n) is 2.94. The second-order valence-electron chi connectivity index (χ2n) is 4.47. The van der Waals surface area contributed by atoms with Crippen molar-refractivity contribution in [2.45, 2.75) is 13.0 Å². The molecule has 0 spiro atoms. The van der Waals surface area contributed by atoms with Crippen molar-refractivity contribution in [3.05, 3.63) is 63.6 Å². The Balaban J connectivity index is 2.21. The van der Waals surface area contributed by atoms with E-state index in [1.807, 2.05) is 37.3 Å². The number of benzene rings is 2. The third kappa shape index (κ3) is 3.24. The standard InChI is InChI=1S/C15H14Cl2N2O/c1-9(10-5-3-2-4-6-10)19-15(20)12-7-11(18)8-13(16)14(12)17/h2-9H,18H2,1H3,(H,19,20). The molecule has 2 aromatic rings. The smallest absolute Gasteiger partial charge is 0.253 e. The summed E-state index contributed by atoms with van der Waals surface area (Å²) in [6, 6.07) is 12.5. The van der Waals surface area contributed by atoms with Crippen LogP contribution in [-0.2, 0) is 0 Å². The molecule has 0 aliphatic carbocycles. The van der Waals surface area contributed by atoms with Crippen LogP contribution in [0.1, 0.15) is 28.9 Å². The first-order valence-corrected chi connectivity index (χ1v) is 6.85. The van der Waals surface area contributed by atoms with Gasteiger partial charge >= 0.3 is 0 Å². The summed E-state index contributed by atoms with van der Waals surface area (Å²) < 4.78 is 0. The Kier molecular flexibility index (Phi) is 4.53. The van der Waals surface area contributed by atoms with E-state index in [1.165, 1.54) is 12.1 Å². The first-order valence-electron chi connectivity index (χ1n) is 6.09. The van der Waals surface area contributed by atoms with Gasteiger partial charge in [-0.1, -0.05) is 53.5 Å². The maximum absolute atomic E-state index is 12.2. The van der Waals surface area contributed by atoms with Gasteiger partial charge in [0.25, 0.3) is 5.91 Å². The Labute approximate surface area is 127 Å². The molecule has 0 saturated carbocycles. The molecule has 0 heterocycles. The van der Waals surface area contributed by atoms with Gasteiger partial charge in [-0.05, 0) is 24.6 Å². The zero-order valence-electron chi connectivity index (χ0n) is 10.9. The lowest BCUT2D eigenvalue weighted by atomic mass is 10.1. The topological polar surface area (TPSA) is 55.1 Å². The minimum Gasteiger partial charge on any atom is -0.399 e. The summed E-state index contributed by atoms with van der Waals surface area (Å²) in [6.45, 7) is 1.90. The molecule has 0 saturated heterocycles. The second-order valence-corrected chi connectivity index (χ2v) is 5.26. The second kappa shape index (κ2) is 6.16. The number of carbonyl (C=O) groups is 1. The lowest BCUT2D eigenvalue weighted by Gasteiger charge is -2.15. The van der Waals surface area contributed by atoms with Gasteiger partial charge in [-0.15, -0.1) is 0 Å². The van der Waals surface area contributed by atoms with Crippen molar-refractivity contribution in [1.82, 2.24) is 5.32 Å². The lowest BCUT2D eigenvalue weighted by Crippen LogP contribution is -2.27. The molecule has 0 bridgehead atoms. The average Bonchev–Trinajstić information content (AvgIpc) is 2.43. The molecular formula is C15H14Cl2N2O. The number of hydrogen-bond donors (Lipinski definition) is 2. The fourth-order valence-electron chi connectivity index (χ4n) is 1.87. The van der Waals surface area contributed by atoms with Gasteiger partial charge in [-0.25, -0.2) is 0 Å². The van der Waals surface area contributed by atoms with E-state index in [9.17, 15) is 4.79 Å². The van der Waals surface area contributed by atoms with E-state index in [-0.39, 0.29) is 27.6 Å². The molecule has 5 heteroatoms. The van der Waals surface area contributed by atoms with Crippen LogP contribution in [0.25, 0.3) is 0 Å². The zero-order chi connectivity index (χ0) is 14.7. The number of halogens is 2. The van der Waals surface area contributed by atoms with Crippen LogP contribution in [0.3, 0.4) is 0 Å². The van der Waals surface area contributed by atoms with Gasteiger partial charge in [-0.3, -0.25) is 4.79 Å². The summed E-state index contributed by atoms with van der Waals surface area (Å²) >= 11 is 12.0. The summed E-state index contributed by atoms with van der Waals surface area (Å²) in [6.07, 6.45) is 0. The van der Waals surface area contributed by atoms with Crippen molar-refractivity contribution in [2.75, 3.05) is 5.73 Å². The molecule has 0 aliphatic rings. The average molecular weight is 309 g/mol. The number of nitrogens with one attached hydrogen (secondary N) is 1. The predicted octanol–water partition coefficient (Wildman–Crippen LogP) is 4.07. The van der Waals surface area contributed by atoms with Crippen LogP contribution in [0, 0.1) is 0 Å². The first kappa shape index (κ1) is 14.7. The van der Waals surface area contributed by atoms with E-state index < -0.39 is 0 Å². The molecule has 3 nitrogen and oxygen atoms in total. The molecule has 0 fully saturated rings. The highest BCUT2D eigenvalue weighted by Crippen LogP contribution is 2.29. The lowest BCUT2D eigenvalue weighted by molar-refractivity contribution is 0.0940. The summed E-state index contributed by atoms with van der Waals surface area (Å²) in [7, 11) is 0. The number of nitrogens with two attached hydrogens (primary N) is 1. The number of anilines is 1. The Hall–Kier alpha value is -1.71. The molecule has 1 unspecified atom stereocenters. The quantitative estimate of drug-likeness (QED) is 0.840. The summed E-state index contributed by atoms with van der Waals surface area (Å²) in [5.41, 5.74) is 7.37. The summed E-state index contributed by atoms with van der Waals surface area (Å²) in [4.78, 5) is 12.2. The molecular weight excluding hydrogens is 295 g/mol. The normalized spacial score (nSPS) is 11.9. The van der Waals surface area contributed by atoms with Crippen LogP contribution >= 0.6 is 23.2 Å². The highest BCUT2D eigenvalue weighted by atomic mass is 35.5. The minimum absolute atomic E-state index is 0.139. The summed E-state index contributed by atoms with van der Waals surface area (Å²) in [5.74, 6) is -0.305. The van der Waals surface area contributed by atoms with Crippen molar-refractivity contribution in [3.63, 3.8) is 0 Å². The third-order valence-corrected chi connectivity index (χ3v) is 3.74. The number of nitrogen functional groups attached to an aromatic ring is 1. The monoisotopic (exact) mass is 308 g/mol. The van der Waals surface area contributed by atoms with Gasteiger partial charge in [0, 0.05) is 5.69 Å². The van der Waals surface area contributed by atoms with E-state index in [1.54, 1.807) is 0 Å². The molecule has 0 radical (unpaired) electrons. The number of rotatable bonds is 3. The van der Waals surface area contributed by atoms with Gasteiger partial charge in [-0.2, -0.15) is 0 Å². The number of hydrogen-bond acceptors (Lipinski definition) is 2. The molecule has 0 aromatic heterocycles. The minimum atomic E-state index is -0.305. The largest absolute Gasteiger partial charge is 0.399 e. The van der Waals surface area contributed by atoms with Crippen LogP contribution in [0.5, 0.6) is 0 Å². The van der Waals surface area contributed by atoms with Gasteiger partial charge in [0.05, 0.1) is 21.7 Å². The maximum Gasteiger partial charge on any atom is 0.253 e. The maximum atomic E-state index is 12.2. The molecule has 2 aromatic carbocycles. The molecule has 1 atom stereocenters. The highest BCUT2D eigenvalue weighted by Gasteiger charge is 2.16. The van der Waals surface area contributed by atoms with E-state index in [2.05, 4.69) is 5.32 Å². The molecule has 1 amide bonds. The Morgan fingerprint density at radius 1 is 1.20 bits per heavy atom. The summed E-state index contributed by atoms with van der Waals surface area (Å²) in [5, 5.41) is 3.34. The van der Waals surface area contributed by atoms with Crippen LogP contribution in [0.15, 0.2) is 42.5 Å². The van der Waals surface area contributed by atoms with E-state index in [0.29, 0.717) is 5.69 Å². The van der Waals surface area contributed by atoms with Crippen LogP contribution in [0.4, 0.5) is 5.69 Å². The fourth-order valence-corrected chi connectivity index (χ4v) is 2.30. The molecule has 3 N–H and O–H groups in total. The Bertz CT molecular complexity index is 629. The zero-order valence-corrected chi connectivity index (χ0v) is 12.4. The van der Waals surface area contributed by atoms with Crippen LogP contribution < -0.4 is 11.1 Å². The first-order chi connectivity index (χ1) is 9.49. The molecule has 104 valence electrons. The van der Waals surface area contributed by atoms with Crippen molar-refractivity contribution in [1.29, 1.82) is 0 Å². The van der Waals surface area contributed by atoms with Gasteiger partial charge in [0.1, 0.15) is 0 Å². The number of amides is 1. The van der Waals surface area contributed by atoms with E-state index in [0.717, 1.165) is 5.56 Å². The molecule has 2 rings (SSSR count). The SMILES string of the molecule is CC(NC(=O)c1cc(N)cc(Cl)c1Cl)c1ccccc1. The predicted molar refractivity (Wildman–Crippen MR) is 83.2 cm³/mol. The number of carbonyl (C=O) groups excluding carboxylic acids is 1. The van der Waals surface area contributed by atoms with E-state index in [4.69, 9.17) is 28.9 Å². The Morgan fingerprint density at radius 2 is 1.85 bits per heavy atom. The fraction of sp³-hybridized carbons (Fsp3) is 0.133. The van der Waals surface area contributed by atoms with Gasteiger partial charge in [0.15, 0.2) is 0 Å². The van der Waals surface area contributed by atoms with Crippen molar-refractivity contribution >= 4 is 34.8 Å². The van der Waals surface area contributed by atoms with Crippen molar-refractivity contribution in [3.8, 4) is 0 Å². The van der Waals surface area contributed by atoms with Crippen molar-refractivity contribution < 1.29 is 4.79 Å². The molecule has 0 aliphatic heterocycles. The van der Waals surface area contributed by atoms with Crippen molar-refractivity contribution in [2.24, 2.45) is 0 Å². The highest BCUT2D eigenvalue weighted by molar-refractivity contribution is 6.44. The van der Waals surface area contributed by atoms with Gasteiger partial charge in [0.2, 0.25) is 0 Å².